The van der Waals surface area contributed by atoms with Gasteiger partial charge in [0.25, 0.3) is 0 Å². The van der Waals surface area contributed by atoms with Gasteiger partial charge in [0.2, 0.25) is 0 Å². The Kier molecular flexibility index (Phi) is 7.13. The summed E-state index contributed by atoms with van der Waals surface area (Å²) < 4.78 is 37.9. The number of hydrogen-bond acceptors (Lipinski definition) is 5. The largest absolute Gasteiger partial charge is 0.504 e. The molecule has 0 fully saturated rings. The highest BCUT2D eigenvalue weighted by atomic mass is 19.4. The third kappa shape index (κ3) is 5.68. The molecule has 6 nitrogen and oxygen atoms in total. The second-order valence-corrected chi connectivity index (χ2v) is 5.75. The lowest BCUT2D eigenvalue weighted by molar-refractivity contribution is -0.137. The van der Waals surface area contributed by atoms with Crippen LogP contribution >= 0.6 is 0 Å². The second-order valence-electron chi connectivity index (χ2n) is 5.75. The zero-order chi connectivity index (χ0) is 21.4. The highest BCUT2D eigenvalue weighted by Crippen LogP contribution is 2.33. The van der Waals surface area contributed by atoms with E-state index in [-0.39, 0.29) is 12.4 Å². The van der Waals surface area contributed by atoms with Crippen LogP contribution in [-0.4, -0.2) is 28.2 Å². The number of aromatic hydroxyl groups is 1. The number of hydrogen-bond donors (Lipinski definition) is 2. The first kappa shape index (κ1) is 21.7. The van der Waals surface area contributed by atoms with E-state index in [1.165, 1.54) is 12.5 Å². The number of anilines is 1. The molecule has 0 bridgehead atoms. The maximum absolute atomic E-state index is 12.6. The monoisotopic (exact) mass is 403 g/mol. The molecule has 0 saturated heterocycles. The molecule has 0 aliphatic rings. The van der Waals surface area contributed by atoms with Crippen LogP contribution in [0, 0.1) is 0 Å². The summed E-state index contributed by atoms with van der Waals surface area (Å²) in [5.41, 5.74) is 1.48. The third-order valence-corrected chi connectivity index (χ3v) is 3.86. The van der Waals surface area contributed by atoms with Crippen LogP contribution in [0.3, 0.4) is 0 Å². The van der Waals surface area contributed by atoms with Gasteiger partial charge >= 0.3 is 6.18 Å². The molecule has 1 aromatic heterocycles. The Morgan fingerprint density at radius 1 is 1.31 bits per heavy atom. The van der Waals surface area contributed by atoms with E-state index in [9.17, 15) is 18.3 Å². The van der Waals surface area contributed by atoms with E-state index in [0.717, 1.165) is 16.8 Å². The molecule has 0 aliphatic carbocycles. The smallest absolute Gasteiger partial charge is 0.418 e. The van der Waals surface area contributed by atoms with Crippen LogP contribution in [0.25, 0.3) is 5.70 Å². The van der Waals surface area contributed by atoms with Crippen molar-refractivity contribution in [3.63, 3.8) is 0 Å². The number of allylic oxidation sites excluding steroid dienone is 1. The Bertz CT molecular complexity index is 921. The fourth-order valence-corrected chi connectivity index (χ4v) is 2.45. The number of alkyl halides is 3. The van der Waals surface area contributed by atoms with Crippen LogP contribution in [0.2, 0.25) is 0 Å². The van der Waals surface area contributed by atoms with Crippen molar-refractivity contribution in [3.05, 3.63) is 72.1 Å². The van der Waals surface area contributed by atoms with Crippen LogP contribution < -0.4 is 5.32 Å². The summed E-state index contributed by atoms with van der Waals surface area (Å²) in [5, 5.41) is 18.2. The molecule has 0 aliphatic heterocycles. The first-order valence-electron chi connectivity index (χ1n) is 8.46. The van der Waals surface area contributed by atoms with Gasteiger partial charge in [0.15, 0.2) is 11.6 Å². The zero-order valence-electron chi connectivity index (χ0n) is 15.7. The molecule has 0 radical (unpaired) electrons. The predicted octanol–water partition coefficient (Wildman–Crippen LogP) is 4.87. The van der Waals surface area contributed by atoms with Crippen molar-refractivity contribution < 1.29 is 18.3 Å². The first-order valence-corrected chi connectivity index (χ1v) is 8.46. The molecular formula is C20H20F3N5O. The van der Waals surface area contributed by atoms with Crippen molar-refractivity contribution in [1.29, 1.82) is 0 Å². The van der Waals surface area contributed by atoms with E-state index >= 15 is 0 Å². The molecule has 1 aromatic carbocycles. The molecule has 2 N–H and O–H groups in total. The fraction of sp³-hybridized carbons (Fsp3) is 0.150. The van der Waals surface area contributed by atoms with Crippen molar-refractivity contribution in [1.82, 2.24) is 9.99 Å². The summed E-state index contributed by atoms with van der Waals surface area (Å²) in [6.45, 7) is 9.18. The van der Waals surface area contributed by atoms with E-state index in [2.05, 4.69) is 33.7 Å². The Balaban J connectivity index is 2.10. The molecule has 0 atom stereocenters. The molecule has 0 saturated carbocycles. The van der Waals surface area contributed by atoms with Crippen LogP contribution in [-0.2, 0) is 12.7 Å². The lowest BCUT2D eigenvalue weighted by Crippen LogP contribution is -2.09. The number of nitrogens with zero attached hydrogens (tertiary/aromatic N) is 4. The number of halogens is 3. The van der Waals surface area contributed by atoms with Crippen molar-refractivity contribution in [2.45, 2.75) is 19.6 Å². The summed E-state index contributed by atoms with van der Waals surface area (Å²) in [7, 11) is 0. The summed E-state index contributed by atoms with van der Waals surface area (Å²) in [6.07, 6.45) is 0.804. The molecule has 0 amide bonds. The number of benzene rings is 1. The zero-order valence-corrected chi connectivity index (χ0v) is 15.7. The van der Waals surface area contributed by atoms with Gasteiger partial charge in [-0.3, -0.25) is 4.99 Å². The molecule has 2 rings (SSSR count). The van der Waals surface area contributed by atoms with Gasteiger partial charge in [0, 0.05) is 18.9 Å². The Morgan fingerprint density at radius 3 is 2.52 bits per heavy atom. The molecule has 2 aromatic rings. The van der Waals surface area contributed by atoms with Gasteiger partial charge in [-0.05, 0) is 30.8 Å². The van der Waals surface area contributed by atoms with E-state index in [4.69, 9.17) is 0 Å². The standard InChI is InChI=1S/C20H20F3N5O/c1-4-17(28(5-2)27-13-24-3)15-8-6-14(7-9-15)11-25-19-18(29)10-16(12-26-19)20(21,22)23/h4-10,12-13,29H,2-3,11H2,1H3,(H,25,26)/b17-4-,27-13-. The normalized spacial score (nSPS) is 12.1. The Morgan fingerprint density at radius 2 is 2.00 bits per heavy atom. The first-order chi connectivity index (χ1) is 13.8. The van der Waals surface area contributed by atoms with Crippen LogP contribution in [0.1, 0.15) is 23.6 Å². The number of rotatable bonds is 8. The number of hydrazone groups is 1. The minimum atomic E-state index is -4.56. The number of pyridine rings is 1. The SMILES string of the molecule is C=CN(/N=C\N=C)/C(=C\C)c1ccc(CNc2ncc(C(F)(F)F)cc2O)cc1. The minimum absolute atomic E-state index is 0.0275. The van der Waals surface area contributed by atoms with Crippen molar-refractivity contribution in [2.24, 2.45) is 10.1 Å². The van der Waals surface area contributed by atoms with Crippen LogP contribution in [0.5, 0.6) is 5.75 Å². The predicted molar refractivity (Wildman–Crippen MR) is 108 cm³/mol. The van der Waals surface area contributed by atoms with Gasteiger partial charge < -0.3 is 10.4 Å². The van der Waals surface area contributed by atoms with E-state index in [1.807, 2.05) is 37.3 Å². The van der Waals surface area contributed by atoms with Crippen LogP contribution in [0.15, 0.2) is 65.5 Å². The van der Waals surface area contributed by atoms with Crippen molar-refractivity contribution >= 4 is 24.6 Å². The number of nitrogens with one attached hydrogen (secondary N) is 1. The average Bonchev–Trinajstić information content (AvgIpc) is 2.70. The van der Waals surface area contributed by atoms with E-state index in [1.54, 1.807) is 5.01 Å². The average molecular weight is 403 g/mol. The molecule has 152 valence electrons. The number of aliphatic imine (C=N–C) groups is 1. The molecule has 1 heterocycles. The van der Waals surface area contributed by atoms with Crippen LogP contribution in [0.4, 0.5) is 19.0 Å². The Labute approximate surface area is 166 Å². The molecular weight excluding hydrogens is 383 g/mol. The second kappa shape index (κ2) is 9.54. The summed E-state index contributed by atoms with van der Waals surface area (Å²) >= 11 is 0. The summed E-state index contributed by atoms with van der Waals surface area (Å²) in [5.74, 6) is -0.594. The molecule has 0 spiro atoms. The van der Waals surface area contributed by atoms with Gasteiger partial charge in [-0.25, -0.2) is 9.99 Å². The lowest BCUT2D eigenvalue weighted by Gasteiger charge is -2.18. The lowest BCUT2D eigenvalue weighted by atomic mass is 10.1. The third-order valence-electron chi connectivity index (χ3n) is 3.86. The topological polar surface area (TPSA) is 73.1 Å². The summed E-state index contributed by atoms with van der Waals surface area (Å²) in [6, 6.07) is 8.03. The molecule has 0 unspecified atom stereocenters. The quantitative estimate of drug-likeness (QED) is 0.375. The summed E-state index contributed by atoms with van der Waals surface area (Å²) in [4.78, 5) is 7.22. The van der Waals surface area contributed by atoms with E-state index < -0.39 is 17.5 Å². The van der Waals surface area contributed by atoms with Crippen molar-refractivity contribution in [2.75, 3.05) is 5.32 Å². The number of aromatic nitrogens is 1. The van der Waals surface area contributed by atoms with Gasteiger partial charge in [-0.1, -0.05) is 36.9 Å². The maximum Gasteiger partial charge on any atom is 0.418 e. The van der Waals surface area contributed by atoms with Gasteiger partial charge in [-0.2, -0.15) is 18.3 Å². The van der Waals surface area contributed by atoms with Gasteiger partial charge in [-0.15, -0.1) is 0 Å². The highest BCUT2D eigenvalue weighted by Gasteiger charge is 2.31. The van der Waals surface area contributed by atoms with Gasteiger partial charge in [0.05, 0.1) is 11.3 Å². The highest BCUT2D eigenvalue weighted by molar-refractivity contribution is 5.67. The van der Waals surface area contributed by atoms with E-state index in [0.29, 0.717) is 12.3 Å². The minimum Gasteiger partial charge on any atom is -0.504 e. The van der Waals surface area contributed by atoms with Crippen molar-refractivity contribution in [3.8, 4) is 5.75 Å². The molecule has 29 heavy (non-hydrogen) atoms. The van der Waals surface area contributed by atoms with Gasteiger partial charge in [0.1, 0.15) is 6.34 Å². The fourth-order valence-electron chi connectivity index (χ4n) is 2.45. The Hall–Kier alpha value is -3.62. The maximum atomic E-state index is 12.6. The molecule has 9 heteroatoms.